The summed E-state index contributed by atoms with van der Waals surface area (Å²) < 4.78 is 5.45. The fraction of sp³-hybridized carbons (Fsp3) is 0.462. The van der Waals surface area contributed by atoms with Crippen LogP contribution in [0, 0.1) is 6.92 Å². The second kappa shape index (κ2) is 6.29. The highest BCUT2D eigenvalue weighted by Crippen LogP contribution is 2.13. The Morgan fingerprint density at radius 1 is 1.58 bits per heavy atom. The Bertz CT molecular complexity index is 464. The molecule has 1 amide bonds. The summed E-state index contributed by atoms with van der Waals surface area (Å²) in [5.41, 5.74) is 0. The number of rotatable bonds is 4. The van der Waals surface area contributed by atoms with Crippen LogP contribution in [-0.2, 0) is 9.53 Å². The lowest BCUT2D eigenvalue weighted by Gasteiger charge is -2.32. The van der Waals surface area contributed by atoms with E-state index in [-0.39, 0.29) is 18.0 Å². The van der Waals surface area contributed by atoms with Crippen molar-refractivity contribution in [1.82, 2.24) is 15.3 Å². The zero-order chi connectivity index (χ0) is 13.7. The van der Waals surface area contributed by atoms with Gasteiger partial charge in [-0.3, -0.25) is 4.79 Å². The lowest BCUT2D eigenvalue weighted by atomic mass is 10.0. The Hall–Kier alpha value is -1.95. The van der Waals surface area contributed by atoms with Crippen LogP contribution in [-0.4, -0.2) is 41.2 Å². The smallest absolute Gasteiger partial charge is 0.243 e. The molecule has 0 unspecified atom stereocenters. The van der Waals surface area contributed by atoms with E-state index in [1.54, 1.807) is 12.3 Å². The molecule has 1 saturated heterocycles. The minimum Gasteiger partial charge on any atom is -0.379 e. The standard InChI is InChI=1S/C13H18N4O2/c1-3-13(18)17-10-5-7-19-8-11(10)16-12-4-6-14-9(2)15-12/h3-4,6,10-11H,1,5,7-8H2,2H3,(H,17,18)(H,14,15,16)/t10-,11+/m0/s1. The van der Waals surface area contributed by atoms with E-state index in [9.17, 15) is 4.79 Å². The number of hydrogen-bond acceptors (Lipinski definition) is 5. The lowest BCUT2D eigenvalue weighted by molar-refractivity contribution is -0.117. The molecule has 1 aliphatic rings. The van der Waals surface area contributed by atoms with E-state index in [0.29, 0.717) is 19.0 Å². The van der Waals surface area contributed by atoms with Crippen LogP contribution < -0.4 is 10.6 Å². The maximum absolute atomic E-state index is 11.4. The van der Waals surface area contributed by atoms with E-state index in [1.165, 1.54) is 6.08 Å². The molecule has 1 fully saturated rings. The summed E-state index contributed by atoms with van der Waals surface area (Å²) in [6.07, 6.45) is 3.74. The first-order valence-corrected chi connectivity index (χ1v) is 6.26. The van der Waals surface area contributed by atoms with E-state index in [1.807, 2.05) is 6.92 Å². The van der Waals surface area contributed by atoms with Gasteiger partial charge in [-0.15, -0.1) is 0 Å². The van der Waals surface area contributed by atoms with Crippen LogP contribution in [0.25, 0.3) is 0 Å². The van der Waals surface area contributed by atoms with E-state index in [2.05, 4.69) is 27.2 Å². The van der Waals surface area contributed by atoms with Gasteiger partial charge in [0.15, 0.2) is 0 Å². The monoisotopic (exact) mass is 262 g/mol. The molecule has 2 rings (SSSR count). The first-order valence-electron chi connectivity index (χ1n) is 6.26. The summed E-state index contributed by atoms with van der Waals surface area (Å²) in [5.74, 6) is 1.27. The van der Waals surface area contributed by atoms with Gasteiger partial charge in [0, 0.05) is 12.8 Å². The molecule has 102 valence electrons. The van der Waals surface area contributed by atoms with Crippen LogP contribution in [0.15, 0.2) is 24.9 Å². The van der Waals surface area contributed by atoms with Crippen molar-refractivity contribution in [2.75, 3.05) is 18.5 Å². The molecular weight excluding hydrogens is 244 g/mol. The predicted octanol–water partition coefficient (Wildman–Crippen LogP) is 0.657. The summed E-state index contributed by atoms with van der Waals surface area (Å²) in [7, 11) is 0. The Morgan fingerprint density at radius 3 is 3.16 bits per heavy atom. The SMILES string of the molecule is C=CC(=O)N[C@H]1CCOC[C@H]1Nc1ccnc(C)n1. The second-order valence-electron chi connectivity index (χ2n) is 4.42. The molecule has 6 heteroatoms. The molecule has 0 aromatic carbocycles. The van der Waals surface area contributed by atoms with Gasteiger partial charge in [0.05, 0.1) is 18.7 Å². The maximum Gasteiger partial charge on any atom is 0.243 e. The van der Waals surface area contributed by atoms with Gasteiger partial charge in [0.2, 0.25) is 5.91 Å². The third-order valence-electron chi connectivity index (χ3n) is 2.98. The minimum absolute atomic E-state index is 0.00745. The van der Waals surface area contributed by atoms with Crippen LogP contribution >= 0.6 is 0 Å². The number of nitrogens with one attached hydrogen (secondary N) is 2. The molecule has 6 nitrogen and oxygen atoms in total. The molecule has 2 N–H and O–H groups in total. The van der Waals surface area contributed by atoms with Gasteiger partial charge in [0.25, 0.3) is 0 Å². The van der Waals surface area contributed by atoms with E-state index >= 15 is 0 Å². The van der Waals surface area contributed by atoms with Crippen molar-refractivity contribution in [2.24, 2.45) is 0 Å². The topological polar surface area (TPSA) is 76.1 Å². The van der Waals surface area contributed by atoms with Gasteiger partial charge < -0.3 is 15.4 Å². The number of amides is 1. The minimum atomic E-state index is -0.169. The molecule has 0 bridgehead atoms. The van der Waals surface area contributed by atoms with Crippen molar-refractivity contribution in [1.29, 1.82) is 0 Å². The molecule has 19 heavy (non-hydrogen) atoms. The Balaban J connectivity index is 2.03. The molecule has 0 spiro atoms. The van der Waals surface area contributed by atoms with E-state index in [4.69, 9.17) is 4.74 Å². The van der Waals surface area contributed by atoms with Gasteiger partial charge in [-0.05, 0) is 25.5 Å². The second-order valence-corrected chi connectivity index (χ2v) is 4.42. The van der Waals surface area contributed by atoms with Gasteiger partial charge in [-0.1, -0.05) is 6.58 Å². The van der Waals surface area contributed by atoms with Crippen molar-refractivity contribution in [3.8, 4) is 0 Å². The fourth-order valence-electron chi connectivity index (χ4n) is 2.02. The van der Waals surface area contributed by atoms with Crippen molar-refractivity contribution in [2.45, 2.75) is 25.4 Å². The Labute approximate surface area is 112 Å². The largest absolute Gasteiger partial charge is 0.379 e. The van der Waals surface area contributed by atoms with Crippen LogP contribution in [0.4, 0.5) is 5.82 Å². The van der Waals surface area contributed by atoms with Crippen molar-refractivity contribution in [3.63, 3.8) is 0 Å². The molecule has 1 aliphatic heterocycles. The summed E-state index contributed by atoms with van der Waals surface area (Å²) in [6.45, 7) is 6.47. The zero-order valence-corrected chi connectivity index (χ0v) is 10.9. The normalized spacial score (nSPS) is 22.6. The van der Waals surface area contributed by atoms with E-state index in [0.717, 1.165) is 12.2 Å². The van der Waals surface area contributed by atoms with Crippen LogP contribution in [0.1, 0.15) is 12.2 Å². The van der Waals surface area contributed by atoms with E-state index < -0.39 is 0 Å². The fourth-order valence-corrected chi connectivity index (χ4v) is 2.02. The number of nitrogens with zero attached hydrogens (tertiary/aromatic N) is 2. The van der Waals surface area contributed by atoms with Crippen molar-refractivity contribution < 1.29 is 9.53 Å². The van der Waals surface area contributed by atoms with Crippen molar-refractivity contribution >= 4 is 11.7 Å². The maximum atomic E-state index is 11.4. The molecular formula is C13H18N4O2. The molecule has 0 saturated carbocycles. The number of carbonyl (C=O) groups excluding carboxylic acids is 1. The summed E-state index contributed by atoms with van der Waals surface area (Å²) >= 11 is 0. The van der Waals surface area contributed by atoms with Gasteiger partial charge in [0.1, 0.15) is 11.6 Å². The van der Waals surface area contributed by atoms with Crippen LogP contribution in [0.2, 0.25) is 0 Å². The number of aromatic nitrogens is 2. The molecule has 1 aromatic heterocycles. The number of hydrogen-bond donors (Lipinski definition) is 2. The number of ether oxygens (including phenoxy) is 1. The van der Waals surface area contributed by atoms with Crippen molar-refractivity contribution in [3.05, 3.63) is 30.7 Å². The Morgan fingerprint density at radius 2 is 2.42 bits per heavy atom. The van der Waals surface area contributed by atoms with Gasteiger partial charge >= 0.3 is 0 Å². The zero-order valence-electron chi connectivity index (χ0n) is 10.9. The quantitative estimate of drug-likeness (QED) is 0.779. The molecule has 0 aliphatic carbocycles. The summed E-state index contributed by atoms with van der Waals surface area (Å²) in [4.78, 5) is 19.7. The van der Waals surface area contributed by atoms with Crippen LogP contribution in [0.3, 0.4) is 0 Å². The molecule has 0 radical (unpaired) electrons. The lowest BCUT2D eigenvalue weighted by Crippen LogP contribution is -2.52. The highest BCUT2D eigenvalue weighted by Gasteiger charge is 2.26. The summed E-state index contributed by atoms with van der Waals surface area (Å²) in [5, 5.41) is 6.19. The average Bonchev–Trinajstić information content (AvgIpc) is 2.41. The predicted molar refractivity (Wildman–Crippen MR) is 71.7 cm³/mol. The molecule has 1 aromatic rings. The third kappa shape index (κ3) is 3.75. The van der Waals surface area contributed by atoms with Crippen LogP contribution in [0.5, 0.6) is 0 Å². The number of anilines is 1. The number of carbonyl (C=O) groups is 1. The average molecular weight is 262 g/mol. The highest BCUT2D eigenvalue weighted by molar-refractivity contribution is 5.87. The first kappa shape index (κ1) is 13.5. The van der Waals surface area contributed by atoms with Gasteiger partial charge in [-0.2, -0.15) is 0 Å². The van der Waals surface area contributed by atoms with Gasteiger partial charge in [-0.25, -0.2) is 9.97 Å². The third-order valence-corrected chi connectivity index (χ3v) is 2.98. The molecule has 2 atom stereocenters. The summed E-state index contributed by atoms with van der Waals surface area (Å²) in [6, 6.07) is 1.80. The molecule has 2 heterocycles. The Kier molecular flexibility index (Phi) is 4.46. The first-order chi connectivity index (χ1) is 9.19. The number of aryl methyl sites for hydroxylation is 1. The highest BCUT2D eigenvalue weighted by atomic mass is 16.5.